The first-order valence-electron chi connectivity index (χ1n) is 16.3. The maximum Gasteiger partial charge on any atom is 0.0974 e. The van der Waals surface area contributed by atoms with Gasteiger partial charge in [0, 0.05) is 34.0 Å². The second-order valence-corrected chi connectivity index (χ2v) is 12.9. The Morgan fingerprint density at radius 1 is 0.435 bits per heavy atom. The van der Waals surface area contributed by atoms with E-state index in [-0.39, 0.29) is 11.8 Å². The van der Waals surface area contributed by atoms with Crippen molar-refractivity contribution in [2.24, 2.45) is 0 Å². The van der Waals surface area contributed by atoms with Crippen LogP contribution < -0.4 is 0 Å². The van der Waals surface area contributed by atoms with Crippen LogP contribution in [0.25, 0.3) is 44.1 Å². The molecule has 2 heteroatoms. The zero-order valence-corrected chi connectivity index (χ0v) is 27.6. The molecule has 0 aliphatic rings. The Hall–Kier alpha value is -5.08. The number of aryl methyl sites for hydroxylation is 4. The lowest BCUT2D eigenvalue weighted by Gasteiger charge is -2.20. The summed E-state index contributed by atoms with van der Waals surface area (Å²) in [6.45, 7) is 13.3. The molecule has 7 aromatic rings. The predicted molar refractivity (Wildman–Crippen MR) is 195 cm³/mol. The van der Waals surface area contributed by atoms with E-state index in [1.807, 2.05) is 0 Å². The van der Waals surface area contributed by atoms with Gasteiger partial charge >= 0.3 is 0 Å². The molecule has 0 aliphatic carbocycles. The first-order chi connectivity index (χ1) is 22.3. The van der Waals surface area contributed by atoms with Crippen molar-refractivity contribution in [1.29, 1.82) is 0 Å². The molecule has 2 atom stereocenters. The number of hydrogen-bond acceptors (Lipinski definition) is 2. The molecule has 7 rings (SSSR count). The SMILES string of the molecule is Cc1ccc(C(C)c2cc(-c3ccccc3)c3ccc4c(-c5ccccc5)cc(C(C)c5ccc(C)cc5C)nc4c3n2)c(C)c1. The Morgan fingerprint density at radius 3 is 1.20 bits per heavy atom. The van der Waals surface area contributed by atoms with Crippen molar-refractivity contribution in [2.45, 2.75) is 53.4 Å². The van der Waals surface area contributed by atoms with Gasteiger partial charge in [-0.25, -0.2) is 9.97 Å². The van der Waals surface area contributed by atoms with Crippen LogP contribution in [0.1, 0.15) is 70.5 Å². The number of benzene rings is 5. The fourth-order valence-corrected chi connectivity index (χ4v) is 7.11. The maximum atomic E-state index is 5.50. The fraction of sp³-hybridized carbons (Fsp3) is 0.182. The average Bonchev–Trinajstić information content (AvgIpc) is 3.07. The molecule has 0 radical (unpaired) electrons. The summed E-state index contributed by atoms with van der Waals surface area (Å²) in [7, 11) is 0. The van der Waals surface area contributed by atoms with Crippen molar-refractivity contribution >= 4 is 21.8 Å². The summed E-state index contributed by atoms with van der Waals surface area (Å²) in [5.41, 5.74) is 16.5. The lowest BCUT2D eigenvalue weighted by molar-refractivity contribution is 0.866. The Balaban J connectivity index is 1.55. The first-order valence-corrected chi connectivity index (χ1v) is 16.3. The van der Waals surface area contributed by atoms with E-state index in [0.29, 0.717) is 0 Å². The molecule has 0 saturated carbocycles. The molecular weight excluding hydrogens is 556 g/mol. The lowest BCUT2D eigenvalue weighted by atomic mass is 9.88. The van der Waals surface area contributed by atoms with E-state index < -0.39 is 0 Å². The van der Waals surface area contributed by atoms with E-state index in [0.717, 1.165) is 33.2 Å². The van der Waals surface area contributed by atoms with E-state index >= 15 is 0 Å². The van der Waals surface area contributed by atoms with Gasteiger partial charge in [0.25, 0.3) is 0 Å². The monoisotopic (exact) mass is 596 g/mol. The quantitative estimate of drug-likeness (QED) is 0.178. The number of fused-ring (bicyclic) bond motifs is 3. The number of hydrogen-bond donors (Lipinski definition) is 0. The standard InChI is InChI=1S/C44H40N2/c1-27-17-19-35(29(3)23-27)31(5)41-25-39(33-13-9-7-10-14-33)37-21-22-38-40(34-15-11-8-12-16-34)26-42(46-44(38)43(37)45-41)32(6)36-20-18-28(2)24-30(36)4/h7-26,31-32H,1-6H3. The van der Waals surface area contributed by atoms with E-state index in [4.69, 9.17) is 9.97 Å². The highest BCUT2D eigenvalue weighted by Crippen LogP contribution is 2.40. The fourth-order valence-electron chi connectivity index (χ4n) is 7.11. The molecule has 226 valence electrons. The van der Waals surface area contributed by atoms with Crippen molar-refractivity contribution in [1.82, 2.24) is 9.97 Å². The van der Waals surface area contributed by atoms with Gasteiger partial charge in [-0.2, -0.15) is 0 Å². The molecule has 2 aromatic heterocycles. The van der Waals surface area contributed by atoms with E-state index in [1.165, 1.54) is 55.6 Å². The molecule has 0 bridgehead atoms. The van der Waals surface area contributed by atoms with Gasteiger partial charge in [0.2, 0.25) is 0 Å². The summed E-state index contributed by atoms with van der Waals surface area (Å²) in [5.74, 6) is 0.238. The molecule has 0 spiro atoms. The highest BCUT2D eigenvalue weighted by Gasteiger charge is 2.21. The minimum Gasteiger partial charge on any atom is -0.250 e. The largest absolute Gasteiger partial charge is 0.250 e. The number of nitrogens with zero attached hydrogens (tertiary/aromatic N) is 2. The summed E-state index contributed by atoms with van der Waals surface area (Å²) in [5, 5.41) is 2.25. The van der Waals surface area contributed by atoms with Crippen LogP contribution in [0.2, 0.25) is 0 Å². The smallest absolute Gasteiger partial charge is 0.0974 e. The highest BCUT2D eigenvalue weighted by atomic mass is 14.8. The van der Waals surface area contributed by atoms with Gasteiger partial charge < -0.3 is 0 Å². The normalized spacial score (nSPS) is 12.8. The summed E-state index contributed by atoms with van der Waals surface area (Å²) < 4.78 is 0. The van der Waals surface area contributed by atoms with Crippen molar-refractivity contribution in [3.05, 3.63) is 166 Å². The van der Waals surface area contributed by atoms with Crippen molar-refractivity contribution < 1.29 is 0 Å². The summed E-state index contributed by atoms with van der Waals surface area (Å²) >= 11 is 0. The Morgan fingerprint density at radius 2 is 0.826 bits per heavy atom. The minimum absolute atomic E-state index is 0.119. The van der Waals surface area contributed by atoms with Gasteiger partial charge in [-0.05, 0) is 84.3 Å². The molecule has 2 unspecified atom stereocenters. The summed E-state index contributed by atoms with van der Waals surface area (Å²) in [6, 6.07) is 44.0. The van der Waals surface area contributed by atoms with Crippen LogP contribution in [0.3, 0.4) is 0 Å². The van der Waals surface area contributed by atoms with Crippen LogP contribution in [-0.4, -0.2) is 9.97 Å². The molecule has 46 heavy (non-hydrogen) atoms. The molecule has 2 nitrogen and oxygen atoms in total. The lowest BCUT2D eigenvalue weighted by Crippen LogP contribution is -2.05. The Bertz CT molecular complexity index is 2050. The predicted octanol–water partition coefficient (Wildman–Crippen LogP) is 11.7. The first kappa shape index (κ1) is 29.6. The Kier molecular flexibility index (Phi) is 7.74. The van der Waals surface area contributed by atoms with Crippen LogP contribution in [0.4, 0.5) is 0 Å². The van der Waals surface area contributed by atoms with Crippen LogP contribution in [0.5, 0.6) is 0 Å². The van der Waals surface area contributed by atoms with E-state index in [2.05, 4.69) is 163 Å². The number of aromatic nitrogens is 2. The Labute approximate surface area is 272 Å². The molecule has 0 fully saturated rings. The third-order valence-electron chi connectivity index (χ3n) is 9.64. The van der Waals surface area contributed by atoms with Gasteiger partial charge in [-0.15, -0.1) is 0 Å². The second kappa shape index (κ2) is 12.0. The van der Waals surface area contributed by atoms with Gasteiger partial charge in [0.05, 0.1) is 11.0 Å². The minimum atomic E-state index is 0.119. The van der Waals surface area contributed by atoms with Gasteiger partial charge in [0.1, 0.15) is 0 Å². The van der Waals surface area contributed by atoms with Crippen LogP contribution in [0, 0.1) is 27.7 Å². The summed E-state index contributed by atoms with van der Waals surface area (Å²) in [6.07, 6.45) is 0. The number of rotatable bonds is 6. The van der Waals surface area contributed by atoms with Crippen LogP contribution in [0.15, 0.2) is 121 Å². The third-order valence-corrected chi connectivity index (χ3v) is 9.64. The molecule has 5 aromatic carbocycles. The van der Waals surface area contributed by atoms with Crippen molar-refractivity contribution in [2.75, 3.05) is 0 Å². The van der Waals surface area contributed by atoms with Gasteiger partial charge in [-0.3, -0.25) is 0 Å². The highest BCUT2D eigenvalue weighted by molar-refractivity contribution is 6.12. The number of pyridine rings is 2. The molecule has 0 aliphatic heterocycles. The average molecular weight is 597 g/mol. The van der Waals surface area contributed by atoms with Crippen molar-refractivity contribution in [3.8, 4) is 22.3 Å². The van der Waals surface area contributed by atoms with E-state index in [1.54, 1.807) is 0 Å². The van der Waals surface area contributed by atoms with Crippen molar-refractivity contribution in [3.63, 3.8) is 0 Å². The van der Waals surface area contributed by atoms with E-state index in [9.17, 15) is 0 Å². The van der Waals surface area contributed by atoms with Gasteiger partial charge in [0.15, 0.2) is 0 Å². The molecule has 0 saturated heterocycles. The second-order valence-electron chi connectivity index (χ2n) is 12.9. The third kappa shape index (κ3) is 5.39. The van der Waals surface area contributed by atoms with Gasteiger partial charge in [-0.1, -0.05) is 134 Å². The molecular formula is C44H40N2. The molecule has 0 amide bonds. The maximum absolute atomic E-state index is 5.50. The molecule has 2 heterocycles. The van der Waals surface area contributed by atoms with Crippen LogP contribution >= 0.6 is 0 Å². The van der Waals surface area contributed by atoms with Crippen LogP contribution in [-0.2, 0) is 0 Å². The topological polar surface area (TPSA) is 25.8 Å². The summed E-state index contributed by atoms with van der Waals surface area (Å²) in [4.78, 5) is 11.0. The zero-order valence-electron chi connectivity index (χ0n) is 27.6. The zero-order chi connectivity index (χ0) is 31.9. The molecule has 0 N–H and O–H groups in total.